The number of carbonyl (C=O) groups excluding carboxylic acids is 1. The molecule has 1 radical (unpaired) electrons. The Bertz CT molecular complexity index is 1850. The van der Waals surface area contributed by atoms with Gasteiger partial charge in [-0.3, -0.25) is 14.8 Å². The Labute approximate surface area is 298 Å². The second-order valence-electron chi connectivity index (χ2n) is 13.6. The Balaban J connectivity index is 0.000000290. The molecule has 7 heteroatoms. The summed E-state index contributed by atoms with van der Waals surface area (Å²) in [6, 6.07) is 20.4. The number of thiophene rings is 1. The van der Waals surface area contributed by atoms with Crippen LogP contribution < -0.4 is 0 Å². The maximum atomic E-state index is 12.2. The summed E-state index contributed by atoms with van der Waals surface area (Å²) in [6.07, 6.45) is 8.22. The number of ketones is 1. The van der Waals surface area contributed by atoms with Crippen molar-refractivity contribution in [3.8, 4) is 22.6 Å². The van der Waals surface area contributed by atoms with E-state index >= 15 is 0 Å². The summed E-state index contributed by atoms with van der Waals surface area (Å²) in [6.45, 7) is 18.8. The van der Waals surface area contributed by atoms with Gasteiger partial charge in [0.2, 0.25) is 0 Å². The predicted octanol–water partition coefficient (Wildman–Crippen LogP) is 11.3. The monoisotopic (exact) mass is 827 g/mol. The minimum Gasteiger partial charge on any atom is -0.512 e. The van der Waals surface area contributed by atoms with Crippen LogP contribution in [-0.4, -0.2) is 25.8 Å². The molecule has 2 aromatic carbocycles. The molecule has 0 unspecified atom stereocenters. The fourth-order valence-corrected chi connectivity index (χ4v) is 6.27. The van der Waals surface area contributed by atoms with Gasteiger partial charge in [-0.25, -0.2) is 4.98 Å². The number of aromatic nitrogens is 3. The summed E-state index contributed by atoms with van der Waals surface area (Å²) in [5.74, 6) is 0.286. The number of hydrogen-bond acceptors (Lipinski definition) is 6. The third-order valence-corrected chi connectivity index (χ3v) is 10.7. The van der Waals surface area contributed by atoms with Crippen LogP contribution in [0.5, 0.6) is 0 Å². The van der Waals surface area contributed by atoms with Crippen LogP contribution in [0.3, 0.4) is 0 Å². The maximum absolute atomic E-state index is 12.2. The first-order valence-electron chi connectivity index (χ1n) is 16.4. The smallest absolute Gasteiger partial charge is 0.164 e. The fourth-order valence-electron chi connectivity index (χ4n) is 5.38. The van der Waals surface area contributed by atoms with Crippen molar-refractivity contribution in [2.45, 2.75) is 93.4 Å². The van der Waals surface area contributed by atoms with Crippen molar-refractivity contribution in [3.05, 3.63) is 89.9 Å². The van der Waals surface area contributed by atoms with Gasteiger partial charge >= 0.3 is 0 Å². The van der Waals surface area contributed by atoms with Gasteiger partial charge < -0.3 is 5.11 Å². The Morgan fingerprint density at radius 3 is 2.13 bits per heavy atom. The molecule has 0 aliphatic carbocycles. The van der Waals surface area contributed by atoms with E-state index in [0.717, 1.165) is 58.4 Å². The van der Waals surface area contributed by atoms with Crippen LogP contribution in [0.25, 0.3) is 43.5 Å². The van der Waals surface area contributed by atoms with Gasteiger partial charge in [0.1, 0.15) is 17.8 Å². The molecule has 0 bridgehead atoms. The average molecular weight is 827 g/mol. The summed E-state index contributed by atoms with van der Waals surface area (Å²) >= 11 is 1.69. The third kappa shape index (κ3) is 8.43. The van der Waals surface area contributed by atoms with Crippen LogP contribution in [-0.2, 0) is 30.3 Å². The van der Waals surface area contributed by atoms with Crippen molar-refractivity contribution in [2.75, 3.05) is 0 Å². The Kier molecular flexibility index (Phi) is 12.8. The van der Waals surface area contributed by atoms with Crippen molar-refractivity contribution < 1.29 is 30.0 Å². The van der Waals surface area contributed by atoms with Gasteiger partial charge in [-0.05, 0) is 60.1 Å². The van der Waals surface area contributed by atoms with Gasteiger partial charge in [-0.1, -0.05) is 91.5 Å². The van der Waals surface area contributed by atoms with Crippen LogP contribution >= 0.6 is 11.3 Å². The number of carbonyl (C=O) groups is 1. The number of pyridine rings is 1. The van der Waals surface area contributed by atoms with E-state index in [1.165, 1.54) is 22.4 Å². The summed E-state index contributed by atoms with van der Waals surface area (Å²) in [7, 11) is 0. The van der Waals surface area contributed by atoms with Gasteiger partial charge in [0.15, 0.2) is 5.78 Å². The number of hydrogen-bond donors (Lipinski definition) is 1. The minimum absolute atomic E-state index is 0. The molecular weight excluding hydrogens is 779 g/mol. The quantitative estimate of drug-likeness (QED) is 0.0910. The molecule has 5 nitrogen and oxygen atoms in total. The largest absolute Gasteiger partial charge is 0.512 e. The molecule has 5 rings (SSSR count). The van der Waals surface area contributed by atoms with Crippen LogP contribution in [0.15, 0.2) is 78.3 Å². The second-order valence-corrected chi connectivity index (χ2v) is 14.5. The van der Waals surface area contributed by atoms with Crippen LogP contribution in [0.1, 0.15) is 93.6 Å². The van der Waals surface area contributed by atoms with Crippen molar-refractivity contribution in [1.29, 1.82) is 0 Å². The van der Waals surface area contributed by atoms with E-state index in [0.29, 0.717) is 0 Å². The van der Waals surface area contributed by atoms with Crippen LogP contribution in [0, 0.1) is 16.9 Å². The molecule has 47 heavy (non-hydrogen) atoms. The molecule has 0 spiro atoms. The van der Waals surface area contributed by atoms with Crippen LogP contribution in [0.4, 0.5) is 0 Å². The SMILES string of the molecule is CC(C)(C)c1cc(-c2cc(-c3nccc4ccsc34)ncn2)[c-]c2ccccc12.CCC(C)(CC)C(=O)/C=C(\O)C(C)(CC)CC.[Ir]. The maximum Gasteiger partial charge on any atom is 0.164 e. The molecule has 251 valence electrons. The normalized spacial score (nSPS) is 12.4. The molecule has 0 aliphatic rings. The first-order chi connectivity index (χ1) is 21.8. The summed E-state index contributed by atoms with van der Waals surface area (Å²) in [5.41, 5.74) is 4.29. The number of benzene rings is 2. The molecule has 0 amide bonds. The van der Waals surface area contributed by atoms with Gasteiger partial charge in [0.05, 0.1) is 10.4 Å². The van der Waals surface area contributed by atoms with Crippen molar-refractivity contribution in [1.82, 2.24) is 15.0 Å². The van der Waals surface area contributed by atoms with Crippen molar-refractivity contribution >= 4 is 38.0 Å². The van der Waals surface area contributed by atoms with Crippen LogP contribution in [0.2, 0.25) is 0 Å². The van der Waals surface area contributed by atoms with Crippen molar-refractivity contribution in [3.63, 3.8) is 0 Å². The molecule has 0 saturated heterocycles. The van der Waals surface area contributed by atoms with E-state index in [1.54, 1.807) is 17.7 Å². The van der Waals surface area contributed by atoms with E-state index in [-0.39, 0.29) is 47.9 Å². The molecule has 1 N–H and O–H groups in total. The summed E-state index contributed by atoms with van der Waals surface area (Å²) < 4.78 is 1.15. The first-order valence-corrected chi connectivity index (χ1v) is 17.2. The zero-order valence-electron chi connectivity index (χ0n) is 29.2. The molecule has 3 heterocycles. The zero-order valence-corrected chi connectivity index (χ0v) is 32.4. The molecule has 5 aromatic rings. The van der Waals surface area contributed by atoms with E-state index < -0.39 is 0 Å². The molecule has 0 saturated carbocycles. The number of aliphatic hydroxyl groups is 1. The Hall–Kier alpha value is -3.25. The zero-order chi connectivity index (χ0) is 33.7. The number of rotatable bonds is 9. The van der Waals surface area contributed by atoms with Gasteiger partial charge in [-0.15, -0.1) is 40.5 Å². The minimum atomic E-state index is -0.337. The summed E-state index contributed by atoms with van der Waals surface area (Å²) in [4.78, 5) is 25.9. The predicted molar refractivity (Wildman–Crippen MR) is 194 cm³/mol. The summed E-state index contributed by atoms with van der Waals surface area (Å²) in [5, 5.41) is 15.8. The molecular formula is C40H48IrN3O2S-. The number of nitrogens with zero attached hydrogens (tertiary/aromatic N) is 3. The Morgan fingerprint density at radius 1 is 0.851 bits per heavy atom. The van der Waals surface area contributed by atoms with Gasteiger partial charge in [0, 0.05) is 48.9 Å². The Morgan fingerprint density at radius 2 is 1.49 bits per heavy atom. The van der Waals surface area contributed by atoms with E-state index in [1.807, 2.05) is 59.9 Å². The molecule has 0 aliphatic heterocycles. The van der Waals surface area contributed by atoms with Gasteiger partial charge in [0.25, 0.3) is 0 Å². The van der Waals surface area contributed by atoms with Crippen molar-refractivity contribution in [2.24, 2.45) is 10.8 Å². The second kappa shape index (κ2) is 15.8. The average Bonchev–Trinajstić information content (AvgIpc) is 3.56. The van der Waals surface area contributed by atoms with E-state index in [2.05, 4.69) is 83.6 Å². The standard InChI is InChI=1S/C25H20N3S.C15H28O2.Ir/c1-25(2,3)20-13-18(12-17-6-4-5-7-19(17)20)21-14-22(28-15-27-21)23-24-16(8-10-26-23)9-11-29-24;1-7-14(5,8-2)12(16)11-13(17)15(6,9-3)10-4;/h4-11,13-15H,1-3H3;11,16H,7-10H2,1-6H3;/q-1;;/b;12-11-;. The topological polar surface area (TPSA) is 76.0 Å². The van der Waals surface area contributed by atoms with Gasteiger partial charge in [-0.2, -0.15) is 0 Å². The molecule has 0 atom stereocenters. The number of fused-ring (bicyclic) bond motifs is 2. The third-order valence-electron chi connectivity index (χ3n) is 9.74. The first kappa shape index (κ1) is 38.2. The fraction of sp³-hybridized carbons (Fsp3) is 0.400. The molecule has 3 aromatic heterocycles. The molecule has 0 fully saturated rings. The van der Waals surface area contributed by atoms with E-state index in [9.17, 15) is 9.90 Å². The number of aliphatic hydroxyl groups excluding tert-OH is 1. The number of allylic oxidation sites excluding steroid dienone is 2. The van der Waals surface area contributed by atoms with E-state index in [4.69, 9.17) is 0 Å².